The largest absolute Gasteiger partial charge is 0.493 e. The van der Waals surface area contributed by atoms with Crippen LogP contribution < -0.4 is 19.7 Å². The Kier molecular flexibility index (Phi) is 5.81. The van der Waals surface area contributed by atoms with Crippen LogP contribution in [0.5, 0.6) is 11.5 Å². The van der Waals surface area contributed by atoms with Crippen molar-refractivity contribution in [1.82, 2.24) is 4.98 Å². The Balaban J connectivity index is 1.69. The molecule has 0 spiro atoms. The molecule has 7 nitrogen and oxygen atoms in total. The number of aromatic nitrogens is 1. The number of nitrogens with zero attached hydrogens (tertiary/aromatic N) is 2. The lowest BCUT2D eigenvalue weighted by Gasteiger charge is -2.21. The maximum Gasteiger partial charge on any atom is 0.261 e. The van der Waals surface area contributed by atoms with Crippen molar-refractivity contribution in [3.05, 3.63) is 65.9 Å². The number of hydrogen-bond donors (Lipinski definition) is 1. The number of carbonyl (C=O) groups is 2. The highest BCUT2D eigenvalue weighted by atomic mass is 32.2. The average molecular weight is 436 g/mol. The second-order valence-corrected chi connectivity index (χ2v) is 7.72. The van der Waals surface area contributed by atoms with Crippen molar-refractivity contribution < 1.29 is 19.1 Å². The van der Waals surface area contributed by atoms with E-state index in [1.807, 2.05) is 19.1 Å². The Labute approximate surface area is 184 Å². The molecule has 0 radical (unpaired) electrons. The van der Waals surface area contributed by atoms with Gasteiger partial charge in [-0.2, -0.15) is 0 Å². The molecule has 1 aromatic heterocycles. The molecule has 158 valence electrons. The van der Waals surface area contributed by atoms with Crippen LogP contribution in [-0.4, -0.2) is 37.6 Å². The number of methoxy groups -OCH3 is 2. The van der Waals surface area contributed by atoms with Gasteiger partial charge >= 0.3 is 0 Å². The van der Waals surface area contributed by atoms with Crippen LogP contribution >= 0.6 is 11.8 Å². The molecule has 1 N–H and O–H groups in total. The molecular formula is C23H21N3O4S. The van der Waals surface area contributed by atoms with Gasteiger partial charge in [0.2, 0.25) is 0 Å². The fraction of sp³-hybridized carbons (Fsp3) is 0.174. The van der Waals surface area contributed by atoms with E-state index in [-0.39, 0.29) is 11.8 Å². The minimum atomic E-state index is -0.323. The monoisotopic (exact) mass is 435 g/mol. The maximum atomic E-state index is 13.0. The van der Waals surface area contributed by atoms with Gasteiger partial charge in [0, 0.05) is 23.3 Å². The Morgan fingerprint density at radius 1 is 1.13 bits per heavy atom. The first-order valence-electron chi connectivity index (χ1n) is 9.68. The lowest BCUT2D eigenvalue weighted by molar-refractivity contribution is 0.0983. The molecule has 1 aliphatic heterocycles. The number of benzene rings is 2. The zero-order chi connectivity index (χ0) is 22.0. The van der Waals surface area contributed by atoms with E-state index < -0.39 is 0 Å². The van der Waals surface area contributed by atoms with E-state index in [0.29, 0.717) is 39.9 Å². The van der Waals surface area contributed by atoms with Crippen LogP contribution in [0.2, 0.25) is 0 Å². The molecule has 8 heteroatoms. The van der Waals surface area contributed by atoms with E-state index >= 15 is 0 Å². The summed E-state index contributed by atoms with van der Waals surface area (Å²) in [6.07, 6.45) is 1.67. The fourth-order valence-corrected chi connectivity index (χ4v) is 4.52. The summed E-state index contributed by atoms with van der Waals surface area (Å²) in [7, 11) is 3.02. The number of hydrogen-bond acceptors (Lipinski definition) is 6. The van der Waals surface area contributed by atoms with Gasteiger partial charge in [-0.3, -0.25) is 9.59 Å². The van der Waals surface area contributed by atoms with Gasteiger partial charge in [-0.15, -0.1) is 0 Å². The first kappa shape index (κ1) is 20.7. The number of amides is 2. The van der Waals surface area contributed by atoms with Gasteiger partial charge in [-0.05, 0) is 49.4 Å². The molecule has 0 fully saturated rings. The highest BCUT2D eigenvalue weighted by Crippen LogP contribution is 2.41. The van der Waals surface area contributed by atoms with Crippen molar-refractivity contribution in [2.24, 2.45) is 0 Å². The molecule has 2 heterocycles. The van der Waals surface area contributed by atoms with Crippen LogP contribution in [0.4, 0.5) is 11.4 Å². The molecule has 0 bridgehead atoms. The van der Waals surface area contributed by atoms with E-state index in [0.717, 1.165) is 10.6 Å². The van der Waals surface area contributed by atoms with Crippen LogP contribution in [0.25, 0.3) is 0 Å². The number of para-hydroxylation sites is 1. The third-order valence-electron chi connectivity index (χ3n) is 4.93. The first-order valence-corrected chi connectivity index (χ1v) is 10.5. The number of fused-ring (bicyclic) bond motifs is 2. The quantitative estimate of drug-likeness (QED) is 0.636. The number of ether oxygens (including phenoxy) is 2. The van der Waals surface area contributed by atoms with E-state index in [1.54, 1.807) is 47.5 Å². The molecule has 2 aromatic carbocycles. The van der Waals surface area contributed by atoms with Gasteiger partial charge in [-0.25, -0.2) is 4.98 Å². The Bertz CT molecular complexity index is 1170. The molecule has 31 heavy (non-hydrogen) atoms. The van der Waals surface area contributed by atoms with E-state index in [4.69, 9.17) is 9.47 Å². The molecule has 3 aromatic rings. The third-order valence-corrected chi connectivity index (χ3v) is 5.99. The molecule has 4 rings (SSSR count). The van der Waals surface area contributed by atoms with Gasteiger partial charge < -0.3 is 19.7 Å². The summed E-state index contributed by atoms with van der Waals surface area (Å²) >= 11 is 1.41. The summed E-state index contributed by atoms with van der Waals surface area (Å²) in [5, 5.41) is 3.55. The molecule has 0 atom stereocenters. The number of carbonyl (C=O) groups excluding carboxylic acids is 2. The van der Waals surface area contributed by atoms with Crippen molar-refractivity contribution in [2.45, 2.75) is 16.8 Å². The van der Waals surface area contributed by atoms with Crippen LogP contribution in [0.1, 0.15) is 27.6 Å². The molecule has 1 aliphatic rings. The van der Waals surface area contributed by atoms with Crippen molar-refractivity contribution in [1.29, 1.82) is 0 Å². The highest BCUT2D eigenvalue weighted by Gasteiger charge is 2.27. The molecule has 0 unspecified atom stereocenters. The minimum absolute atomic E-state index is 0.0882. The number of rotatable bonds is 5. The first-order chi connectivity index (χ1) is 15.1. The minimum Gasteiger partial charge on any atom is -0.493 e. The van der Waals surface area contributed by atoms with Gasteiger partial charge in [0.25, 0.3) is 11.8 Å². The van der Waals surface area contributed by atoms with Crippen LogP contribution in [0.15, 0.2) is 64.6 Å². The van der Waals surface area contributed by atoms with Crippen LogP contribution in [-0.2, 0) is 0 Å². The molecular weight excluding hydrogens is 414 g/mol. The normalized spacial score (nSPS) is 12.5. The van der Waals surface area contributed by atoms with Gasteiger partial charge in [0.1, 0.15) is 5.03 Å². The fourth-order valence-electron chi connectivity index (χ4n) is 3.47. The molecule has 2 amide bonds. The Hall–Kier alpha value is -3.52. The van der Waals surface area contributed by atoms with Gasteiger partial charge in [-0.1, -0.05) is 17.8 Å². The summed E-state index contributed by atoms with van der Waals surface area (Å²) < 4.78 is 10.7. The summed E-state index contributed by atoms with van der Waals surface area (Å²) in [5.41, 5.74) is 2.32. The zero-order valence-electron chi connectivity index (χ0n) is 17.3. The Morgan fingerprint density at radius 2 is 1.97 bits per heavy atom. The lowest BCUT2D eigenvalue weighted by atomic mass is 10.1. The smallest absolute Gasteiger partial charge is 0.261 e. The Morgan fingerprint density at radius 3 is 2.71 bits per heavy atom. The summed E-state index contributed by atoms with van der Waals surface area (Å²) in [6, 6.07) is 14.2. The van der Waals surface area contributed by atoms with Crippen molar-refractivity contribution in [2.75, 3.05) is 31.0 Å². The van der Waals surface area contributed by atoms with E-state index in [2.05, 4.69) is 10.3 Å². The third kappa shape index (κ3) is 3.82. The predicted molar refractivity (Wildman–Crippen MR) is 120 cm³/mol. The SMILES string of the molecule is CCN1C(=O)c2cccnc2Sc2cc(NC(=O)c3cccc(OC)c3OC)ccc21. The summed E-state index contributed by atoms with van der Waals surface area (Å²) in [4.78, 5) is 32.9. The van der Waals surface area contributed by atoms with Gasteiger partial charge in [0.15, 0.2) is 11.5 Å². The standard InChI is InChI=1S/C23H21N3O4S/c1-4-26-17-11-10-14(13-19(17)31-22-16(23(26)28)8-6-12-24-22)25-21(27)15-7-5-9-18(29-2)20(15)30-3/h5-13H,4H2,1-3H3,(H,25,27). The van der Waals surface area contributed by atoms with Crippen LogP contribution in [0, 0.1) is 0 Å². The predicted octanol–water partition coefficient (Wildman–Crippen LogP) is 4.48. The number of pyridine rings is 1. The number of nitrogens with one attached hydrogen (secondary N) is 1. The molecule has 0 saturated carbocycles. The number of anilines is 2. The second kappa shape index (κ2) is 8.69. The van der Waals surface area contributed by atoms with Crippen molar-refractivity contribution in [3.8, 4) is 11.5 Å². The average Bonchev–Trinajstić information content (AvgIpc) is 2.91. The molecule has 0 aliphatic carbocycles. The summed E-state index contributed by atoms with van der Waals surface area (Å²) in [6.45, 7) is 2.45. The zero-order valence-corrected chi connectivity index (χ0v) is 18.2. The lowest BCUT2D eigenvalue weighted by Crippen LogP contribution is -2.30. The topological polar surface area (TPSA) is 80.8 Å². The highest BCUT2D eigenvalue weighted by molar-refractivity contribution is 7.99. The van der Waals surface area contributed by atoms with E-state index in [1.165, 1.54) is 26.0 Å². The maximum absolute atomic E-state index is 13.0. The van der Waals surface area contributed by atoms with Crippen molar-refractivity contribution >= 4 is 35.0 Å². The van der Waals surface area contributed by atoms with Crippen molar-refractivity contribution in [3.63, 3.8) is 0 Å². The van der Waals surface area contributed by atoms with Gasteiger partial charge in [0.05, 0.1) is 31.0 Å². The molecule has 0 saturated heterocycles. The second-order valence-electron chi connectivity index (χ2n) is 6.69. The van der Waals surface area contributed by atoms with Crippen LogP contribution in [0.3, 0.4) is 0 Å². The summed E-state index contributed by atoms with van der Waals surface area (Å²) in [5.74, 6) is 0.436. The van der Waals surface area contributed by atoms with E-state index in [9.17, 15) is 9.59 Å².